The fraction of sp³-hybridized carbons (Fsp3) is 0.312. The van der Waals surface area contributed by atoms with Gasteiger partial charge in [-0.15, -0.1) is 0 Å². The lowest BCUT2D eigenvalue weighted by Crippen LogP contribution is -2.41. The molecule has 3 aromatic carbocycles. The first-order valence-corrected chi connectivity index (χ1v) is 13.6. The molecular formula is C32H33BFNO6. The van der Waals surface area contributed by atoms with Crippen molar-refractivity contribution in [1.29, 1.82) is 0 Å². The molecule has 0 unspecified atom stereocenters. The van der Waals surface area contributed by atoms with E-state index in [0.717, 1.165) is 22.3 Å². The molecule has 0 saturated carbocycles. The molecule has 1 saturated heterocycles. The van der Waals surface area contributed by atoms with Gasteiger partial charge in [-0.05, 0) is 67.1 Å². The van der Waals surface area contributed by atoms with Gasteiger partial charge in [-0.3, -0.25) is 4.79 Å². The normalized spacial score (nSPS) is 17.2. The Balaban J connectivity index is 1.32. The number of benzene rings is 3. The molecule has 1 heterocycles. The zero-order valence-electron chi connectivity index (χ0n) is 23.6. The zero-order valence-corrected chi connectivity index (χ0v) is 23.6. The molecule has 7 nitrogen and oxygen atoms in total. The molecule has 41 heavy (non-hydrogen) atoms. The van der Waals surface area contributed by atoms with Crippen LogP contribution in [0.2, 0.25) is 0 Å². The Hall–Kier alpha value is -3.95. The van der Waals surface area contributed by atoms with Crippen molar-refractivity contribution >= 4 is 25.3 Å². The lowest BCUT2D eigenvalue weighted by atomic mass is 9.77. The van der Waals surface area contributed by atoms with Gasteiger partial charge in [-0.25, -0.2) is 9.18 Å². The van der Waals surface area contributed by atoms with Crippen LogP contribution in [0.4, 0.5) is 9.18 Å². The predicted octanol–water partition coefficient (Wildman–Crippen LogP) is 6.01. The Morgan fingerprint density at radius 2 is 1.56 bits per heavy atom. The molecule has 0 spiro atoms. The smallest absolute Gasteiger partial charge is 0.481 e. The van der Waals surface area contributed by atoms with Gasteiger partial charge in [-0.2, -0.15) is 0 Å². The van der Waals surface area contributed by atoms with Crippen LogP contribution in [0.1, 0.15) is 55.9 Å². The summed E-state index contributed by atoms with van der Waals surface area (Å²) in [5, 5.41) is 11.8. The van der Waals surface area contributed by atoms with Crippen LogP contribution in [0.25, 0.3) is 17.2 Å². The lowest BCUT2D eigenvalue weighted by molar-refractivity contribution is -0.136. The molecule has 0 atom stereocenters. The molecule has 0 aromatic heterocycles. The van der Waals surface area contributed by atoms with Crippen LogP contribution in [0, 0.1) is 5.82 Å². The summed E-state index contributed by atoms with van der Waals surface area (Å²) >= 11 is 0. The van der Waals surface area contributed by atoms with Crippen molar-refractivity contribution in [3.63, 3.8) is 0 Å². The van der Waals surface area contributed by atoms with Crippen molar-refractivity contribution in [2.24, 2.45) is 0 Å². The molecule has 9 heteroatoms. The number of nitrogens with one attached hydrogen (secondary N) is 1. The molecular weight excluding hydrogens is 524 g/mol. The first kappa shape index (κ1) is 28.6. The van der Waals surface area contributed by atoms with E-state index in [4.69, 9.17) is 19.2 Å². The largest absolute Gasteiger partial charge is 0.492 e. The van der Waals surface area contributed by atoms with E-state index in [1.54, 1.807) is 12.1 Å². The quantitative estimate of drug-likeness (QED) is 0.330. The van der Waals surface area contributed by atoms with Crippen LogP contribution < -0.4 is 5.32 Å². The molecule has 2 N–H and O–H groups in total. The number of carboxylic acids is 1. The zero-order chi connectivity index (χ0) is 29.4. The van der Waals surface area contributed by atoms with E-state index in [1.165, 1.54) is 12.1 Å². The van der Waals surface area contributed by atoms with Crippen molar-refractivity contribution < 1.29 is 33.1 Å². The maximum absolute atomic E-state index is 15.0. The second-order valence-electron chi connectivity index (χ2n) is 11.4. The number of rotatable bonds is 8. The Bertz CT molecular complexity index is 1460. The number of aliphatic carboxylic acids is 1. The summed E-state index contributed by atoms with van der Waals surface area (Å²) in [6.45, 7) is 7.78. The summed E-state index contributed by atoms with van der Waals surface area (Å²) in [4.78, 5) is 23.9. The Labute approximate surface area is 239 Å². The number of amides is 1. The molecule has 1 fully saturated rings. The standard InChI is InChI=1S/C32H33BFNO6/c1-31(2)32(3,4)41-33(40-31)22(17-21-14-13-20(15-28(21)34)16-29(36)37)18-35-30(38)39-19-27-25-11-7-5-9-23(25)24-10-6-8-12-26(24)27/h5-15,17,27H,16,18-19H2,1-4H3,(H,35,38)(H,36,37). The average Bonchev–Trinajstić information content (AvgIpc) is 3.35. The van der Waals surface area contributed by atoms with E-state index in [9.17, 15) is 14.0 Å². The highest BCUT2D eigenvalue weighted by atomic mass is 19.1. The SMILES string of the molecule is CC1(C)OB(C(=Cc2ccc(CC(=O)O)cc2F)CNC(=O)OCC2c3ccccc3-c3ccccc32)OC1(C)C. The predicted molar refractivity (Wildman–Crippen MR) is 155 cm³/mol. The van der Waals surface area contributed by atoms with Crippen molar-refractivity contribution in [2.75, 3.05) is 13.2 Å². The number of carbonyl (C=O) groups excluding carboxylic acids is 1. The number of halogens is 1. The highest BCUT2D eigenvalue weighted by Crippen LogP contribution is 2.44. The van der Waals surface area contributed by atoms with Crippen LogP contribution in [0.15, 0.2) is 72.2 Å². The van der Waals surface area contributed by atoms with Crippen molar-refractivity contribution in [3.8, 4) is 11.1 Å². The maximum Gasteiger partial charge on any atom is 0.492 e. The number of hydrogen-bond acceptors (Lipinski definition) is 5. The molecule has 0 radical (unpaired) electrons. The van der Waals surface area contributed by atoms with Crippen molar-refractivity contribution in [3.05, 3.63) is 100 Å². The summed E-state index contributed by atoms with van der Waals surface area (Å²) in [5.74, 6) is -1.71. The second kappa shape index (κ2) is 11.1. The minimum Gasteiger partial charge on any atom is -0.481 e. The van der Waals surface area contributed by atoms with E-state index in [2.05, 4.69) is 29.6 Å². The molecule has 0 bridgehead atoms. The van der Waals surface area contributed by atoms with Gasteiger partial charge < -0.3 is 24.5 Å². The number of carboxylic acid groups (broad SMARTS) is 1. The van der Waals surface area contributed by atoms with E-state index in [0.29, 0.717) is 11.0 Å². The Kier molecular flexibility index (Phi) is 7.77. The summed E-state index contributed by atoms with van der Waals surface area (Å²) in [5.41, 5.74) is 4.26. The Morgan fingerprint density at radius 3 is 2.12 bits per heavy atom. The fourth-order valence-corrected chi connectivity index (χ4v) is 5.19. The van der Waals surface area contributed by atoms with E-state index in [-0.39, 0.29) is 31.1 Å². The van der Waals surface area contributed by atoms with Crippen LogP contribution in [0.3, 0.4) is 0 Å². The number of ether oxygens (including phenoxy) is 1. The molecule has 212 valence electrons. The van der Waals surface area contributed by atoms with Gasteiger partial charge in [-0.1, -0.05) is 66.7 Å². The van der Waals surface area contributed by atoms with Crippen molar-refractivity contribution in [1.82, 2.24) is 5.32 Å². The monoisotopic (exact) mass is 557 g/mol. The summed E-state index contributed by atoms with van der Waals surface area (Å²) in [6.07, 6.45) is 0.659. The molecule has 1 aliphatic carbocycles. The van der Waals surface area contributed by atoms with E-state index in [1.807, 2.05) is 52.0 Å². The van der Waals surface area contributed by atoms with Gasteiger partial charge in [0.25, 0.3) is 0 Å². The number of alkyl carbamates (subject to hydrolysis) is 1. The van der Waals surface area contributed by atoms with Gasteiger partial charge >= 0.3 is 19.2 Å². The molecule has 5 rings (SSSR count). The van der Waals surface area contributed by atoms with E-state index >= 15 is 0 Å². The maximum atomic E-state index is 15.0. The summed E-state index contributed by atoms with van der Waals surface area (Å²) in [7, 11) is -0.841. The number of fused-ring (bicyclic) bond motifs is 3. The van der Waals surface area contributed by atoms with Crippen LogP contribution in [-0.2, 0) is 25.3 Å². The van der Waals surface area contributed by atoms with Crippen LogP contribution in [0.5, 0.6) is 0 Å². The minimum absolute atomic E-state index is 0.0101. The summed E-state index contributed by atoms with van der Waals surface area (Å²) in [6, 6.07) is 20.5. The van der Waals surface area contributed by atoms with Gasteiger partial charge in [0.1, 0.15) is 12.4 Å². The fourth-order valence-electron chi connectivity index (χ4n) is 5.19. The number of carbonyl (C=O) groups is 2. The first-order valence-electron chi connectivity index (χ1n) is 13.6. The molecule has 1 amide bonds. The highest BCUT2D eigenvalue weighted by molar-refractivity contribution is 6.56. The topological polar surface area (TPSA) is 94.1 Å². The van der Waals surface area contributed by atoms with Gasteiger partial charge in [0, 0.05) is 18.0 Å². The summed E-state index contributed by atoms with van der Waals surface area (Å²) < 4.78 is 33.0. The van der Waals surface area contributed by atoms with Gasteiger partial charge in [0.15, 0.2) is 0 Å². The van der Waals surface area contributed by atoms with Crippen molar-refractivity contribution in [2.45, 2.75) is 51.2 Å². The number of hydrogen-bond donors (Lipinski definition) is 2. The lowest BCUT2D eigenvalue weighted by Gasteiger charge is -2.32. The Morgan fingerprint density at radius 1 is 0.976 bits per heavy atom. The molecule has 2 aliphatic rings. The molecule has 3 aromatic rings. The average molecular weight is 557 g/mol. The van der Waals surface area contributed by atoms with Crippen LogP contribution >= 0.6 is 0 Å². The first-order chi connectivity index (χ1) is 19.4. The third kappa shape index (κ3) is 5.92. The molecule has 1 aliphatic heterocycles. The highest BCUT2D eigenvalue weighted by Gasteiger charge is 2.52. The second-order valence-corrected chi connectivity index (χ2v) is 11.4. The third-order valence-corrected chi connectivity index (χ3v) is 8.10. The van der Waals surface area contributed by atoms with E-state index < -0.39 is 36.2 Å². The minimum atomic E-state index is -1.04. The van der Waals surface area contributed by atoms with Gasteiger partial charge in [0.05, 0.1) is 17.6 Å². The van der Waals surface area contributed by atoms with Gasteiger partial charge in [0.2, 0.25) is 0 Å². The van der Waals surface area contributed by atoms with Crippen LogP contribution in [-0.4, -0.2) is 48.6 Å². The third-order valence-electron chi connectivity index (χ3n) is 8.10.